The molecule has 0 saturated carbocycles. The Morgan fingerprint density at radius 3 is 1.56 bits per heavy atom. The molecule has 0 radical (unpaired) electrons. The van der Waals surface area contributed by atoms with Gasteiger partial charge in [0.25, 0.3) is 0 Å². The van der Waals surface area contributed by atoms with E-state index in [1.54, 1.807) is 0 Å². The molecule has 0 aromatic heterocycles. The maximum absolute atomic E-state index is 6.06. The Balaban J connectivity index is 3.11. The summed E-state index contributed by atoms with van der Waals surface area (Å²) in [5.74, 6) is 0. The maximum atomic E-state index is 6.06. The third-order valence-corrected chi connectivity index (χ3v) is 3.85. The highest BCUT2D eigenvalue weighted by atomic mass is 14.6. The summed E-state index contributed by atoms with van der Waals surface area (Å²) in [5.41, 5.74) is 12.0. The monoisotopic (exact) mass is 256 g/mol. The molecule has 0 aliphatic carbocycles. The van der Waals surface area contributed by atoms with E-state index in [2.05, 4.69) is 13.8 Å². The van der Waals surface area contributed by atoms with Crippen LogP contribution in [-0.2, 0) is 0 Å². The highest BCUT2D eigenvalue weighted by molar-refractivity contribution is 4.61. The quantitative estimate of drug-likeness (QED) is 0.481. The van der Waals surface area contributed by atoms with Gasteiger partial charge < -0.3 is 11.5 Å². The van der Waals surface area contributed by atoms with Gasteiger partial charge in [-0.25, -0.2) is 0 Å². The second-order valence-electron chi connectivity index (χ2n) is 5.77. The molecule has 0 amide bonds. The summed E-state index contributed by atoms with van der Waals surface area (Å²) in [6.07, 6.45) is 15.4. The molecule has 0 rings (SSSR count). The molecule has 0 aliphatic heterocycles. The van der Waals surface area contributed by atoms with Crippen molar-refractivity contribution in [1.29, 1.82) is 0 Å². The largest absolute Gasteiger partial charge is 0.328 e. The minimum atomic E-state index is 0.432. The van der Waals surface area contributed by atoms with Crippen molar-refractivity contribution in [2.24, 2.45) is 11.5 Å². The van der Waals surface area contributed by atoms with Crippen molar-refractivity contribution in [1.82, 2.24) is 0 Å². The van der Waals surface area contributed by atoms with Gasteiger partial charge in [0.05, 0.1) is 0 Å². The first-order chi connectivity index (χ1) is 8.70. The molecule has 0 heterocycles. The van der Waals surface area contributed by atoms with E-state index in [-0.39, 0.29) is 0 Å². The first-order valence-electron chi connectivity index (χ1n) is 8.21. The zero-order chi connectivity index (χ0) is 13.6. The minimum Gasteiger partial charge on any atom is -0.328 e. The number of unbranched alkanes of at least 4 members (excludes halogenated alkanes) is 6. The molecule has 2 nitrogen and oxygen atoms in total. The number of hydrogen-bond donors (Lipinski definition) is 2. The molecule has 0 aromatic carbocycles. The summed E-state index contributed by atoms with van der Waals surface area (Å²) in [7, 11) is 0. The Morgan fingerprint density at radius 1 is 0.611 bits per heavy atom. The zero-order valence-corrected chi connectivity index (χ0v) is 12.8. The molecule has 2 atom stereocenters. The standard InChI is InChI=1S/C16H36N2/c1-3-5-12-16(18)14-11-9-7-6-8-10-13-15(17)4-2/h15-16H,3-14,17-18H2,1-2H3. The van der Waals surface area contributed by atoms with Crippen molar-refractivity contribution in [3.63, 3.8) is 0 Å². The Hall–Kier alpha value is -0.0800. The molecule has 18 heavy (non-hydrogen) atoms. The van der Waals surface area contributed by atoms with E-state index in [4.69, 9.17) is 11.5 Å². The average molecular weight is 256 g/mol. The summed E-state index contributed by atoms with van der Waals surface area (Å²) in [6.45, 7) is 4.41. The molecule has 0 saturated heterocycles. The molecule has 110 valence electrons. The summed E-state index contributed by atoms with van der Waals surface area (Å²) >= 11 is 0. The Kier molecular flexibility index (Phi) is 13.3. The Morgan fingerprint density at radius 2 is 1.06 bits per heavy atom. The molecule has 0 fully saturated rings. The fraction of sp³-hybridized carbons (Fsp3) is 1.00. The zero-order valence-electron chi connectivity index (χ0n) is 12.8. The van der Waals surface area contributed by atoms with Gasteiger partial charge in [0, 0.05) is 12.1 Å². The van der Waals surface area contributed by atoms with Gasteiger partial charge in [0.2, 0.25) is 0 Å². The fourth-order valence-electron chi connectivity index (χ4n) is 2.33. The van der Waals surface area contributed by atoms with Crippen molar-refractivity contribution in [3.05, 3.63) is 0 Å². The lowest BCUT2D eigenvalue weighted by Crippen LogP contribution is -2.19. The predicted octanol–water partition coefficient (Wildman–Crippen LogP) is 4.36. The highest BCUT2D eigenvalue weighted by Gasteiger charge is 2.01. The summed E-state index contributed by atoms with van der Waals surface area (Å²) in [4.78, 5) is 0. The van der Waals surface area contributed by atoms with E-state index in [0.717, 1.165) is 6.42 Å². The van der Waals surface area contributed by atoms with Crippen LogP contribution in [0.15, 0.2) is 0 Å². The number of rotatable bonds is 13. The van der Waals surface area contributed by atoms with Crippen LogP contribution in [0.25, 0.3) is 0 Å². The number of nitrogens with two attached hydrogens (primary N) is 2. The average Bonchev–Trinajstić information content (AvgIpc) is 2.38. The summed E-state index contributed by atoms with van der Waals surface area (Å²) in [5, 5.41) is 0. The van der Waals surface area contributed by atoms with Gasteiger partial charge in [0.15, 0.2) is 0 Å². The van der Waals surface area contributed by atoms with E-state index in [0.29, 0.717) is 12.1 Å². The first-order valence-corrected chi connectivity index (χ1v) is 8.21. The summed E-state index contributed by atoms with van der Waals surface area (Å²) in [6, 6.07) is 0.883. The molecule has 0 bridgehead atoms. The maximum Gasteiger partial charge on any atom is 0.00388 e. The van der Waals surface area contributed by atoms with Crippen LogP contribution in [0, 0.1) is 0 Å². The normalized spacial score (nSPS) is 14.7. The van der Waals surface area contributed by atoms with Gasteiger partial charge in [0.1, 0.15) is 0 Å². The van der Waals surface area contributed by atoms with Crippen molar-refractivity contribution in [2.45, 2.75) is 103 Å². The minimum absolute atomic E-state index is 0.432. The second-order valence-corrected chi connectivity index (χ2v) is 5.77. The lowest BCUT2D eigenvalue weighted by molar-refractivity contribution is 0.488. The van der Waals surface area contributed by atoms with Gasteiger partial charge in [-0.3, -0.25) is 0 Å². The van der Waals surface area contributed by atoms with Crippen molar-refractivity contribution >= 4 is 0 Å². The van der Waals surface area contributed by atoms with Gasteiger partial charge >= 0.3 is 0 Å². The van der Waals surface area contributed by atoms with Gasteiger partial charge in [-0.2, -0.15) is 0 Å². The van der Waals surface area contributed by atoms with E-state index < -0.39 is 0 Å². The van der Waals surface area contributed by atoms with Crippen molar-refractivity contribution < 1.29 is 0 Å². The third kappa shape index (κ3) is 12.4. The van der Waals surface area contributed by atoms with Crippen molar-refractivity contribution in [3.8, 4) is 0 Å². The van der Waals surface area contributed by atoms with E-state index in [9.17, 15) is 0 Å². The predicted molar refractivity (Wildman–Crippen MR) is 82.7 cm³/mol. The van der Waals surface area contributed by atoms with E-state index in [1.807, 2.05) is 0 Å². The van der Waals surface area contributed by atoms with Gasteiger partial charge in [-0.1, -0.05) is 65.2 Å². The van der Waals surface area contributed by atoms with Gasteiger partial charge in [-0.15, -0.1) is 0 Å². The van der Waals surface area contributed by atoms with Crippen LogP contribution in [0.2, 0.25) is 0 Å². The number of hydrogen-bond acceptors (Lipinski definition) is 2. The van der Waals surface area contributed by atoms with Crippen LogP contribution in [0.5, 0.6) is 0 Å². The second kappa shape index (κ2) is 13.4. The van der Waals surface area contributed by atoms with E-state index >= 15 is 0 Å². The highest BCUT2D eigenvalue weighted by Crippen LogP contribution is 2.12. The van der Waals surface area contributed by atoms with Crippen LogP contribution in [0.4, 0.5) is 0 Å². The first kappa shape index (κ1) is 17.9. The lowest BCUT2D eigenvalue weighted by Gasteiger charge is -2.10. The molecular formula is C16H36N2. The molecule has 0 aromatic rings. The Bertz CT molecular complexity index is 159. The fourth-order valence-corrected chi connectivity index (χ4v) is 2.33. The molecular weight excluding hydrogens is 220 g/mol. The molecule has 4 N–H and O–H groups in total. The third-order valence-electron chi connectivity index (χ3n) is 3.85. The van der Waals surface area contributed by atoms with Crippen LogP contribution >= 0.6 is 0 Å². The SMILES string of the molecule is CCCCC(N)CCCCCCCCC(N)CC. The molecule has 0 spiro atoms. The smallest absolute Gasteiger partial charge is 0.00388 e. The Labute approximate surface area is 115 Å². The van der Waals surface area contributed by atoms with Gasteiger partial charge in [-0.05, 0) is 25.7 Å². The van der Waals surface area contributed by atoms with Crippen molar-refractivity contribution in [2.75, 3.05) is 0 Å². The van der Waals surface area contributed by atoms with E-state index in [1.165, 1.54) is 70.6 Å². The van der Waals surface area contributed by atoms with Crippen LogP contribution in [-0.4, -0.2) is 12.1 Å². The van der Waals surface area contributed by atoms with Crippen LogP contribution < -0.4 is 11.5 Å². The molecule has 2 heteroatoms. The molecule has 0 aliphatic rings. The topological polar surface area (TPSA) is 52.0 Å². The van der Waals surface area contributed by atoms with Crippen LogP contribution in [0.1, 0.15) is 90.9 Å². The molecule has 2 unspecified atom stereocenters. The summed E-state index contributed by atoms with van der Waals surface area (Å²) < 4.78 is 0. The lowest BCUT2D eigenvalue weighted by atomic mass is 10.0. The van der Waals surface area contributed by atoms with Crippen LogP contribution in [0.3, 0.4) is 0 Å².